The molecule has 9 heteroatoms. The lowest BCUT2D eigenvalue weighted by atomic mass is 9.76. The Morgan fingerprint density at radius 2 is 1.36 bits per heavy atom. The summed E-state index contributed by atoms with van der Waals surface area (Å²) in [6.07, 6.45) is 3.57. The molecule has 7 rings (SSSR count). The number of carbonyl (C=O) groups excluding carboxylic acids is 1. The van der Waals surface area contributed by atoms with Crippen LogP contribution >= 0.6 is 0 Å². The minimum Gasteiger partial charge on any atom is -0.543 e. The van der Waals surface area contributed by atoms with Crippen LogP contribution < -0.4 is 4.43 Å². The van der Waals surface area contributed by atoms with E-state index >= 15 is 0 Å². The number of methoxy groups -OCH3 is 1. The first-order chi connectivity index (χ1) is 24.0. The van der Waals surface area contributed by atoms with Crippen molar-refractivity contribution in [2.75, 3.05) is 7.11 Å². The van der Waals surface area contributed by atoms with E-state index in [1.54, 1.807) is 6.20 Å². The predicted molar refractivity (Wildman–Crippen MR) is 201 cm³/mol. The van der Waals surface area contributed by atoms with E-state index in [1.807, 2.05) is 90.7 Å². The van der Waals surface area contributed by atoms with E-state index in [9.17, 15) is 4.79 Å². The highest BCUT2D eigenvalue weighted by Gasteiger charge is 2.41. The van der Waals surface area contributed by atoms with Gasteiger partial charge in [-0.25, -0.2) is 14.8 Å². The molecule has 3 aromatic heterocycles. The Balaban J connectivity index is 1.49. The lowest BCUT2D eigenvalue weighted by molar-refractivity contribution is 0.0602. The first-order valence-electron chi connectivity index (χ1n) is 16.8. The molecule has 50 heavy (non-hydrogen) atoms. The zero-order valence-electron chi connectivity index (χ0n) is 29.5. The average molecular weight is 680 g/mol. The Labute approximate surface area is 293 Å². The van der Waals surface area contributed by atoms with Gasteiger partial charge in [0.05, 0.1) is 18.8 Å². The van der Waals surface area contributed by atoms with Crippen molar-refractivity contribution >= 4 is 36.4 Å². The lowest BCUT2D eigenvalue weighted by Crippen LogP contribution is -2.43. The van der Waals surface area contributed by atoms with Crippen molar-refractivity contribution in [3.05, 3.63) is 144 Å². The minimum absolute atomic E-state index is 0.0438. The first-order valence-corrected chi connectivity index (χ1v) is 19.7. The molecule has 4 aromatic carbocycles. The third-order valence-corrected chi connectivity index (χ3v) is 14.4. The fraction of sp³-hybridized carbons (Fsp3) is 0.220. The van der Waals surface area contributed by atoms with Crippen LogP contribution in [0.15, 0.2) is 122 Å². The van der Waals surface area contributed by atoms with Crippen LogP contribution in [0.1, 0.15) is 47.8 Å². The van der Waals surface area contributed by atoms with Gasteiger partial charge in [0, 0.05) is 18.6 Å². The van der Waals surface area contributed by atoms with Gasteiger partial charge in [0.2, 0.25) is 8.32 Å². The smallest absolute Gasteiger partial charge is 0.341 e. The van der Waals surface area contributed by atoms with Crippen molar-refractivity contribution in [2.45, 2.75) is 44.4 Å². The molecule has 7 aromatic rings. The normalized spacial score (nSPS) is 12.4. The molecule has 0 aliphatic carbocycles. The summed E-state index contributed by atoms with van der Waals surface area (Å²) in [5.74, 6) is 0.298. The van der Waals surface area contributed by atoms with Crippen LogP contribution in [0.5, 0.6) is 5.75 Å². The van der Waals surface area contributed by atoms with Crippen molar-refractivity contribution in [1.29, 1.82) is 0 Å². The van der Waals surface area contributed by atoms with Gasteiger partial charge in [0.1, 0.15) is 33.8 Å². The Morgan fingerprint density at radius 3 is 1.88 bits per heavy atom. The van der Waals surface area contributed by atoms with Crippen LogP contribution in [-0.4, -0.2) is 45.7 Å². The molecule has 8 nitrogen and oxygen atoms in total. The second-order valence-corrected chi connectivity index (χ2v) is 18.9. The zero-order valence-corrected chi connectivity index (χ0v) is 30.5. The maximum Gasteiger partial charge on any atom is 0.341 e. The van der Waals surface area contributed by atoms with Gasteiger partial charge in [-0.15, -0.1) is 0 Å². The van der Waals surface area contributed by atoms with Gasteiger partial charge in [-0.1, -0.05) is 112 Å². The van der Waals surface area contributed by atoms with Crippen LogP contribution in [0.4, 0.5) is 0 Å². The molecule has 0 saturated heterocycles. The Hall–Kier alpha value is -5.54. The van der Waals surface area contributed by atoms with Crippen LogP contribution in [0.2, 0.25) is 18.1 Å². The summed E-state index contributed by atoms with van der Waals surface area (Å²) in [6, 6.07) is 36.9. The van der Waals surface area contributed by atoms with E-state index in [4.69, 9.17) is 24.2 Å². The van der Waals surface area contributed by atoms with Gasteiger partial charge in [-0.2, -0.15) is 5.10 Å². The molecule has 0 aliphatic heterocycles. The molecule has 0 N–H and O–H groups in total. The molecule has 0 saturated carbocycles. The van der Waals surface area contributed by atoms with E-state index < -0.39 is 19.8 Å². The standard InChI is InChI=1S/C41H41N5O3Si/c1-40(2,3)50(6,7)49-31-23-24-35-32(25-31)36(44-45(35)4)34-26-42-38-37(43-34)33(39(47)48-5)27-46(38)41(28-17-11-8-12-18-28,29-19-13-9-14-20-29)30-21-15-10-16-22-30/h8-27H,1-7H3. The predicted octanol–water partition coefficient (Wildman–Crippen LogP) is 9.00. The molecule has 3 heterocycles. The maximum atomic E-state index is 13.6. The summed E-state index contributed by atoms with van der Waals surface area (Å²) in [7, 11) is 1.21. The van der Waals surface area contributed by atoms with E-state index in [2.05, 4.69) is 74.8 Å². The van der Waals surface area contributed by atoms with Crippen LogP contribution in [0.25, 0.3) is 33.5 Å². The fourth-order valence-electron chi connectivity index (χ4n) is 6.52. The third-order valence-electron chi connectivity index (χ3n) is 10.1. The van der Waals surface area contributed by atoms with Crippen LogP contribution in [-0.2, 0) is 17.3 Å². The van der Waals surface area contributed by atoms with Gasteiger partial charge in [-0.05, 0) is 53.0 Å². The molecule has 0 unspecified atom stereocenters. The highest BCUT2D eigenvalue weighted by molar-refractivity contribution is 6.74. The number of hydrogen-bond donors (Lipinski definition) is 0. The number of esters is 1. The van der Waals surface area contributed by atoms with Crippen molar-refractivity contribution in [2.24, 2.45) is 7.05 Å². The zero-order chi connectivity index (χ0) is 35.3. The molecular weight excluding hydrogens is 639 g/mol. The molecule has 0 atom stereocenters. The maximum absolute atomic E-state index is 13.6. The Morgan fingerprint density at radius 1 is 0.800 bits per heavy atom. The summed E-state index contributed by atoms with van der Waals surface area (Å²) in [6.45, 7) is 11.2. The number of carbonyl (C=O) groups is 1. The van der Waals surface area contributed by atoms with E-state index in [1.165, 1.54) is 7.11 Å². The second kappa shape index (κ2) is 12.4. The molecular formula is C41H41N5O3Si. The number of aromatic nitrogens is 5. The summed E-state index contributed by atoms with van der Waals surface area (Å²) in [5, 5.41) is 5.83. The van der Waals surface area contributed by atoms with Crippen LogP contribution in [0.3, 0.4) is 0 Å². The monoisotopic (exact) mass is 679 g/mol. The Bertz CT molecular complexity index is 2230. The summed E-state index contributed by atoms with van der Waals surface area (Å²) in [4.78, 5) is 23.8. The second-order valence-electron chi connectivity index (χ2n) is 14.2. The average Bonchev–Trinajstić information content (AvgIpc) is 3.66. The minimum atomic E-state index is -2.09. The van der Waals surface area contributed by atoms with Crippen molar-refractivity contribution in [3.8, 4) is 17.1 Å². The number of nitrogens with zero attached hydrogens (tertiary/aromatic N) is 5. The fourth-order valence-corrected chi connectivity index (χ4v) is 7.54. The highest BCUT2D eigenvalue weighted by Crippen LogP contribution is 2.44. The summed E-state index contributed by atoms with van der Waals surface area (Å²) in [5.41, 5.74) is 5.50. The number of rotatable bonds is 8. The van der Waals surface area contributed by atoms with Crippen LogP contribution in [0, 0.1) is 0 Å². The van der Waals surface area contributed by atoms with Gasteiger partial charge >= 0.3 is 5.97 Å². The Kier molecular flexibility index (Phi) is 8.18. The number of fused-ring (bicyclic) bond motifs is 2. The van der Waals surface area contributed by atoms with E-state index in [0.717, 1.165) is 33.3 Å². The molecule has 0 spiro atoms. The van der Waals surface area contributed by atoms with Gasteiger partial charge in [0.15, 0.2) is 5.65 Å². The van der Waals surface area contributed by atoms with Gasteiger partial charge < -0.3 is 13.7 Å². The van der Waals surface area contributed by atoms with Crippen molar-refractivity contribution in [3.63, 3.8) is 0 Å². The molecule has 0 aliphatic rings. The number of hydrogen-bond acceptors (Lipinski definition) is 6. The van der Waals surface area contributed by atoms with E-state index in [-0.39, 0.29) is 5.04 Å². The molecule has 0 radical (unpaired) electrons. The first kappa shape index (κ1) is 33.0. The highest BCUT2D eigenvalue weighted by atomic mass is 28.4. The SMILES string of the molecule is COC(=O)c1cn(C(c2ccccc2)(c2ccccc2)c2ccccc2)c2ncc(-c3nn(C)c4ccc(O[Si](C)(C)C(C)(C)C)cc34)nc12. The van der Waals surface area contributed by atoms with Crippen molar-refractivity contribution < 1.29 is 14.0 Å². The van der Waals surface area contributed by atoms with Gasteiger partial charge in [0.25, 0.3) is 0 Å². The number of ether oxygens (including phenoxy) is 1. The molecule has 0 bridgehead atoms. The largest absolute Gasteiger partial charge is 0.543 e. The lowest BCUT2D eigenvalue weighted by Gasteiger charge is -2.38. The molecule has 252 valence electrons. The van der Waals surface area contributed by atoms with E-state index in [0.29, 0.717) is 28.1 Å². The quantitative estimate of drug-likeness (QED) is 0.0906. The van der Waals surface area contributed by atoms with Crippen molar-refractivity contribution in [1.82, 2.24) is 24.3 Å². The molecule has 0 amide bonds. The van der Waals surface area contributed by atoms with Gasteiger partial charge in [-0.3, -0.25) is 4.68 Å². The summed E-state index contributed by atoms with van der Waals surface area (Å²) >= 11 is 0. The third kappa shape index (κ3) is 5.38. The number of benzene rings is 4. The summed E-state index contributed by atoms with van der Waals surface area (Å²) < 4.78 is 15.9. The molecule has 0 fully saturated rings. The number of aryl methyl sites for hydroxylation is 1. The topological polar surface area (TPSA) is 84.1 Å².